The summed E-state index contributed by atoms with van der Waals surface area (Å²) in [6, 6.07) is 0. The van der Waals surface area contributed by atoms with Crippen molar-refractivity contribution < 1.29 is 14.3 Å². The molecular formula is C10H14O3. The summed E-state index contributed by atoms with van der Waals surface area (Å²) in [6.45, 7) is 10.4. The second kappa shape index (κ2) is 5.30. The molecule has 0 aromatic rings. The van der Waals surface area contributed by atoms with Gasteiger partial charge in [0, 0.05) is 11.1 Å². The molecule has 13 heavy (non-hydrogen) atoms. The zero-order valence-electron chi connectivity index (χ0n) is 8.05. The number of carbonyl (C=O) groups is 2. The van der Waals surface area contributed by atoms with Crippen LogP contribution in [0.5, 0.6) is 0 Å². The Labute approximate surface area is 78.1 Å². The highest BCUT2D eigenvalue weighted by Crippen LogP contribution is 2.04. The van der Waals surface area contributed by atoms with Crippen molar-refractivity contribution in [3.8, 4) is 0 Å². The first-order valence-electron chi connectivity index (χ1n) is 4.14. The van der Waals surface area contributed by atoms with Crippen molar-refractivity contribution in [3.05, 3.63) is 24.3 Å². The Morgan fingerprint density at radius 2 is 1.31 bits per heavy atom. The first-order chi connectivity index (χ1) is 6.02. The third kappa shape index (κ3) is 3.69. The lowest BCUT2D eigenvalue weighted by atomic mass is 10.2. The van der Waals surface area contributed by atoms with E-state index in [1.807, 2.05) is 0 Å². The minimum Gasteiger partial charge on any atom is -0.386 e. The van der Waals surface area contributed by atoms with Crippen molar-refractivity contribution in [2.24, 2.45) is 0 Å². The molecular weight excluding hydrogens is 168 g/mol. The highest BCUT2D eigenvalue weighted by molar-refractivity contribution is 6.01. The number of ether oxygens (including phenoxy) is 1. The van der Waals surface area contributed by atoms with Gasteiger partial charge in [0.1, 0.15) is 0 Å². The molecule has 0 rings (SSSR count). The summed E-state index contributed by atoms with van der Waals surface area (Å²) in [4.78, 5) is 22.0. The van der Waals surface area contributed by atoms with Crippen molar-refractivity contribution in [1.82, 2.24) is 0 Å². The van der Waals surface area contributed by atoms with Crippen LogP contribution >= 0.6 is 0 Å². The van der Waals surface area contributed by atoms with E-state index in [1.165, 1.54) is 0 Å². The van der Waals surface area contributed by atoms with Crippen LogP contribution in [-0.2, 0) is 14.3 Å². The molecule has 0 radical (unpaired) electrons. The van der Waals surface area contributed by atoms with Crippen LogP contribution in [0.1, 0.15) is 26.7 Å². The molecule has 0 heterocycles. The van der Waals surface area contributed by atoms with Gasteiger partial charge in [0.15, 0.2) is 0 Å². The maximum absolute atomic E-state index is 11.0. The van der Waals surface area contributed by atoms with Crippen LogP contribution in [-0.4, -0.2) is 11.9 Å². The van der Waals surface area contributed by atoms with Gasteiger partial charge in [-0.15, -0.1) is 0 Å². The van der Waals surface area contributed by atoms with E-state index in [2.05, 4.69) is 17.9 Å². The van der Waals surface area contributed by atoms with E-state index in [0.29, 0.717) is 12.8 Å². The minimum absolute atomic E-state index is 0.289. The lowest BCUT2D eigenvalue weighted by molar-refractivity contribution is -0.154. The van der Waals surface area contributed by atoms with E-state index in [1.54, 1.807) is 13.8 Å². The number of esters is 2. The summed E-state index contributed by atoms with van der Waals surface area (Å²) in [6.07, 6.45) is 0.954. The van der Waals surface area contributed by atoms with Crippen molar-refractivity contribution in [2.45, 2.75) is 26.7 Å². The van der Waals surface area contributed by atoms with Crippen LogP contribution < -0.4 is 0 Å². The Bertz CT molecular complexity index is 225. The SMILES string of the molecule is C=C(CC)C(=O)OC(=O)C(=C)CC. The molecule has 0 saturated heterocycles. The van der Waals surface area contributed by atoms with Gasteiger partial charge in [-0.25, -0.2) is 9.59 Å². The first kappa shape index (κ1) is 11.6. The van der Waals surface area contributed by atoms with E-state index in [0.717, 1.165) is 0 Å². The fourth-order valence-electron chi connectivity index (χ4n) is 0.517. The smallest absolute Gasteiger partial charge is 0.341 e. The summed E-state index contributed by atoms with van der Waals surface area (Å²) >= 11 is 0. The predicted molar refractivity (Wildman–Crippen MR) is 50.0 cm³/mol. The average molecular weight is 182 g/mol. The normalized spacial score (nSPS) is 9.08. The van der Waals surface area contributed by atoms with Crippen LogP contribution in [0.3, 0.4) is 0 Å². The van der Waals surface area contributed by atoms with E-state index in [4.69, 9.17) is 0 Å². The molecule has 0 spiro atoms. The van der Waals surface area contributed by atoms with Gasteiger partial charge in [0.25, 0.3) is 0 Å². The molecule has 0 aromatic heterocycles. The van der Waals surface area contributed by atoms with Gasteiger partial charge in [-0.1, -0.05) is 27.0 Å². The zero-order valence-corrected chi connectivity index (χ0v) is 8.05. The lowest BCUT2D eigenvalue weighted by Crippen LogP contribution is -2.14. The van der Waals surface area contributed by atoms with Gasteiger partial charge in [-0.2, -0.15) is 0 Å². The molecule has 0 aliphatic rings. The van der Waals surface area contributed by atoms with Gasteiger partial charge >= 0.3 is 11.9 Å². The number of carbonyl (C=O) groups excluding carboxylic acids is 2. The Morgan fingerprint density at radius 1 is 1.00 bits per heavy atom. The summed E-state index contributed by atoms with van der Waals surface area (Å²) in [5, 5.41) is 0. The molecule has 0 amide bonds. The summed E-state index contributed by atoms with van der Waals surface area (Å²) < 4.78 is 4.48. The molecule has 0 aliphatic heterocycles. The van der Waals surface area contributed by atoms with Gasteiger partial charge < -0.3 is 4.74 Å². The van der Waals surface area contributed by atoms with E-state index in [9.17, 15) is 9.59 Å². The molecule has 0 saturated carbocycles. The van der Waals surface area contributed by atoms with Gasteiger partial charge in [0.2, 0.25) is 0 Å². The fraction of sp³-hybridized carbons (Fsp3) is 0.400. The lowest BCUT2D eigenvalue weighted by Gasteiger charge is -2.03. The maximum Gasteiger partial charge on any atom is 0.341 e. The molecule has 72 valence electrons. The van der Waals surface area contributed by atoms with Crippen LogP contribution in [0.4, 0.5) is 0 Å². The second-order valence-electron chi connectivity index (χ2n) is 2.59. The highest BCUT2D eigenvalue weighted by Gasteiger charge is 2.13. The van der Waals surface area contributed by atoms with Gasteiger partial charge in [-0.3, -0.25) is 0 Å². The number of rotatable bonds is 4. The number of hydrogen-bond acceptors (Lipinski definition) is 3. The Hall–Kier alpha value is -1.38. The first-order valence-corrected chi connectivity index (χ1v) is 4.14. The van der Waals surface area contributed by atoms with E-state index >= 15 is 0 Å². The molecule has 3 nitrogen and oxygen atoms in total. The quantitative estimate of drug-likeness (QED) is 0.379. The molecule has 3 heteroatoms. The Morgan fingerprint density at radius 3 is 1.54 bits per heavy atom. The molecule has 0 atom stereocenters. The van der Waals surface area contributed by atoms with Gasteiger partial charge in [0.05, 0.1) is 0 Å². The van der Waals surface area contributed by atoms with Crippen LogP contribution in [0.15, 0.2) is 24.3 Å². The van der Waals surface area contributed by atoms with Crippen LogP contribution in [0.25, 0.3) is 0 Å². The Balaban J connectivity index is 4.15. The molecule has 0 aliphatic carbocycles. The molecule has 0 bridgehead atoms. The minimum atomic E-state index is -0.665. The van der Waals surface area contributed by atoms with Crippen molar-refractivity contribution >= 4 is 11.9 Å². The average Bonchev–Trinajstić information content (AvgIpc) is 2.14. The standard InChI is InChI=1S/C10H14O3/c1-5-7(3)9(11)13-10(12)8(4)6-2/h3-6H2,1-2H3. The molecule has 0 fully saturated rings. The summed E-state index contributed by atoms with van der Waals surface area (Å²) in [5.74, 6) is -1.33. The van der Waals surface area contributed by atoms with Gasteiger partial charge in [-0.05, 0) is 12.8 Å². The monoisotopic (exact) mass is 182 g/mol. The topological polar surface area (TPSA) is 43.4 Å². The van der Waals surface area contributed by atoms with Crippen molar-refractivity contribution in [2.75, 3.05) is 0 Å². The fourth-order valence-corrected chi connectivity index (χ4v) is 0.517. The van der Waals surface area contributed by atoms with Crippen molar-refractivity contribution in [1.29, 1.82) is 0 Å². The predicted octanol–water partition coefficient (Wildman–Crippen LogP) is 1.99. The van der Waals surface area contributed by atoms with E-state index in [-0.39, 0.29) is 11.1 Å². The second-order valence-corrected chi connectivity index (χ2v) is 2.59. The maximum atomic E-state index is 11.0. The van der Waals surface area contributed by atoms with E-state index < -0.39 is 11.9 Å². The zero-order chi connectivity index (χ0) is 10.4. The molecule has 0 unspecified atom stereocenters. The third-order valence-electron chi connectivity index (χ3n) is 1.62. The van der Waals surface area contributed by atoms with Crippen LogP contribution in [0.2, 0.25) is 0 Å². The molecule has 0 N–H and O–H groups in total. The largest absolute Gasteiger partial charge is 0.386 e. The highest BCUT2D eigenvalue weighted by atomic mass is 16.6. The van der Waals surface area contributed by atoms with Crippen molar-refractivity contribution in [3.63, 3.8) is 0 Å². The van der Waals surface area contributed by atoms with Crippen LogP contribution in [0, 0.1) is 0 Å². The third-order valence-corrected chi connectivity index (χ3v) is 1.62. The molecule has 0 aromatic carbocycles. The summed E-state index contributed by atoms with van der Waals surface area (Å²) in [5.41, 5.74) is 0.578. The Kier molecular flexibility index (Phi) is 4.74. The summed E-state index contributed by atoms with van der Waals surface area (Å²) in [7, 11) is 0. The number of hydrogen-bond donors (Lipinski definition) is 0.